The Morgan fingerprint density at radius 1 is 1.11 bits per heavy atom. The average molecular weight is 260 g/mol. The number of epoxide rings is 1. The van der Waals surface area contributed by atoms with Gasteiger partial charge in [-0.1, -0.05) is 24.3 Å². The molecule has 0 N–H and O–H groups in total. The Kier molecular flexibility index (Phi) is 2.21. The lowest BCUT2D eigenvalue weighted by Gasteiger charge is -2.29. The van der Waals surface area contributed by atoms with Crippen molar-refractivity contribution >= 4 is 11.6 Å². The number of ketones is 2. The number of rotatable bonds is 1. The number of ether oxygens (including phenoxy) is 3. The number of fused-ring (bicyclic) bond motifs is 2. The molecular weight excluding hydrogens is 248 g/mol. The molecule has 2 fully saturated rings. The number of hydrogen-bond donors (Lipinski definition) is 0. The molecule has 98 valence electrons. The van der Waals surface area contributed by atoms with Crippen LogP contribution in [0.5, 0.6) is 0 Å². The van der Waals surface area contributed by atoms with Crippen molar-refractivity contribution < 1.29 is 23.8 Å². The molecule has 2 aliphatic heterocycles. The van der Waals surface area contributed by atoms with Gasteiger partial charge in [-0.2, -0.15) is 0 Å². The van der Waals surface area contributed by atoms with E-state index in [-0.39, 0.29) is 18.2 Å². The predicted molar refractivity (Wildman–Crippen MR) is 63.3 cm³/mol. The van der Waals surface area contributed by atoms with Gasteiger partial charge >= 0.3 is 0 Å². The zero-order valence-electron chi connectivity index (χ0n) is 10.1. The van der Waals surface area contributed by atoms with Gasteiger partial charge in [0.05, 0.1) is 19.8 Å². The van der Waals surface area contributed by atoms with Crippen LogP contribution in [0.4, 0.5) is 0 Å². The second-order valence-electron chi connectivity index (χ2n) is 4.96. The third kappa shape index (κ3) is 1.35. The first-order chi connectivity index (χ1) is 9.25. The van der Waals surface area contributed by atoms with E-state index in [9.17, 15) is 9.59 Å². The summed E-state index contributed by atoms with van der Waals surface area (Å²) in [4.78, 5) is 24.9. The van der Waals surface area contributed by atoms with Crippen molar-refractivity contribution in [2.45, 2.75) is 17.8 Å². The number of Topliss-reactive ketones (excluding diaryl/α,β-unsaturated/α-hetero) is 2. The Morgan fingerprint density at radius 3 is 2.63 bits per heavy atom. The maximum absolute atomic E-state index is 12.6. The fraction of sp³-hybridized carbons (Fsp3) is 0.429. The van der Waals surface area contributed by atoms with Crippen molar-refractivity contribution in [3.8, 4) is 0 Å². The number of hydrogen-bond acceptors (Lipinski definition) is 5. The molecule has 0 amide bonds. The van der Waals surface area contributed by atoms with Gasteiger partial charge in [0.15, 0.2) is 17.5 Å². The van der Waals surface area contributed by atoms with Crippen LogP contribution in [-0.2, 0) is 14.2 Å². The number of carbonyl (C=O) groups excluding carboxylic acids is 2. The van der Waals surface area contributed by atoms with Crippen molar-refractivity contribution in [3.63, 3.8) is 0 Å². The summed E-state index contributed by atoms with van der Waals surface area (Å²) < 4.78 is 16.4. The topological polar surface area (TPSA) is 65.1 Å². The van der Waals surface area contributed by atoms with E-state index in [0.717, 1.165) is 0 Å². The smallest absolute Gasteiger partial charge is 0.201 e. The lowest BCUT2D eigenvalue weighted by Crippen LogP contribution is -2.50. The van der Waals surface area contributed by atoms with E-state index in [4.69, 9.17) is 14.2 Å². The van der Waals surface area contributed by atoms with E-state index >= 15 is 0 Å². The first-order valence-corrected chi connectivity index (χ1v) is 6.30. The van der Waals surface area contributed by atoms with E-state index in [2.05, 4.69) is 0 Å². The number of carbonyl (C=O) groups is 2. The average Bonchev–Trinajstić information content (AvgIpc) is 3.23. The molecular formula is C14H12O5. The van der Waals surface area contributed by atoms with Crippen LogP contribution in [0.15, 0.2) is 24.3 Å². The molecule has 0 spiro atoms. The second-order valence-corrected chi connectivity index (χ2v) is 4.96. The fourth-order valence-electron chi connectivity index (χ4n) is 2.96. The lowest BCUT2D eigenvalue weighted by atomic mass is 9.79. The minimum Gasteiger partial charge on any atom is -0.376 e. The molecule has 0 saturated carbocycles. The highest BCUT2D eigenvalue weighted by atomic mass is 16.7. The summed E-state index contributed by atoms with van der Waals surface area (Å²) in [5.41, 5.74) is -0.274. The Bertz CT molecular complexity index is 575. The summed E-state index contributed by atoms with van der Waals surface area (Å²) >= 11 is 0. The molecule has 5 nitrogen and oxygen atoms in total. The summed E-state index contributed by atoms with van der Waals surface area (Å²) in [7, 11) is 0. The molecule has 3 unspecified atom stereocenters. The molecule has 1 aliphatic carbocycles. The van der Waals surface area contributed by atoms with Gasteiger partial charge in [-0.3, -0.25) is 9.59 Å². The first kappa shape index (κ1) is 11.3. The van der Waals surface area contributed by atoms with E-state index in [1.807, 2.05) is 0 Å². The summed E-state index contributed by atoms with van der Waals surface area (Å²) in [5.74, 6) is -0.299. The minimum absolute atomic E-state index is 0.135. The highest BCUT2D eigenvalue weighted by Gasteiger charge is 2.73. The van der Waals surface area contributed by atoms with Crippen LogP contribution in [-0.4, -0.2) is 49.2 Å². The Labute approximate surface area is 109 Å². The summed E-state index contributed by atoms with van der Waals surface area (Å²) in [5, 5.41) is 0. The van der Waals surface area contributed by atoms with Gasteiger partial charge in [0.1, 0.15) is 6.10 Å². The Hall–Kier alpha value is -1.56. The molecule has 5 heteroatoms. The molecule has 2 saturated heterocycles. The second kappa shape index (κ2) is 3.72. The van der Waals surface area contributed by atoms with Gasteiger partial charge < -0.3 is 14.2 Å². The zero-order chi connectivity index (χ0) is 13.0. The largest absolute Gasteiger partial charge is 0.376 e. The van der Waals surface area contributed by atoms with Gasteiger partial charge in [0.25, 0.3) is 0 Å². The maximum Gasteiger partial charge on any atom is 0.201 e. The SMILES string of the molecule is O=C1c2ccccc2C(=O)C2(C3COCCO3)OC12. The van der Waals surface area contributed by atoms with Crippen molar-refractivity contribution in [1.29, 1.82) is 0 Å². The third-order valence-corrected chi connectivity index (χ3v) is 3.97. The third-order valence-electron chi connectivity index (χ3n) is 3.97. The Morgan fingerprint density at radius 2 is 1.89 bits per heavy atom. The van der Waals surface area contributed by atoms with Crippen molar-refractivity contribution in [1.82, 2.24) is 0 Å². The van der Waals surface area contributed by atoms with Gasteiger partial charge in [-0.15, -0.1) is 0 Å². The molecule has 1 aromatic rings. The minimum atomic E-state index is -1.15. The molecule has 0 radical (unpaired) electrons. The molecule has 19 heavy (non-hydrogen) atoms. The zero-order valence-corrected chi connectivity index (χ0v) is 10.1. The maximum atomic E-state index is 12.6. The molecule has 2 heterocycles. The molecule has 1 aromatic carbocycles. The fourth-order valence-corrected chi connectivity index (χ4v) is 2.96. The van der Waals surface area contributed by atoms with Gasteiger partial charge in [0.2, 0.25) is 5.78 Å². The lowest BCUT2D eigenvalue weighted by molar-refractivity contribution is -0.110. The molecule has 0 bridgehead atoms. The van der Waals surface area contributed by atoms with Crippen LogP contribution in [0.1, 0.15) is 20.7 Å². The summed E-state index contributed by atoms with van der Waals surface area (Å²) in [6.45, 7) is 1.22. The quantitative estimate of drug-likeness (QED) is 0.692. The monoisotopic (exact) mass is 260 g/mol. The Balaban J connectivity index is 1.78. The summed E-state index contributed by atoms with van der Waals surface area (Å²) in [6, 6.07) is 6.83. The number of benzene rings is 1. The van der Waals surface area contributed by atoms with Gasteiger partial charge in [0, 0.05) is 11.1 Å². The van der Waals surface area contributed by atoms with Crippen LogP contribution in [0, 0.1) is 0 Å². The van der Waals surface area contributed by atoms with Crippen LogP contribution in [0.25, 0.3) is 0 Å². The predicted octanol–water partition coefficient (Wildman–Crippen LogP) is 0.619. The highest BCUT2D eigenvalue weighted by molar-refractivity contribution is 6.23. The van der Waals surface area contributed by atoms with Crippen LogP contribution in [0.2, 0.25) is 0 Å². The first-order valence-electron chi connectivity index (χ1n) is 6.30. The molecule has 3 aliphatic rings. The molecule has 0 aromatic heterocycles. The van der Waals surface area contributed by atoms with E-state index in [1.54, 1.807) is 24.3 Å². The van der Waals surface area contributed by atoms with E-state index in [1.165, 1.54) is 0 Å². The normalized spacial score (nSPS) is 36.6. The van der Waals surface area contributed by atoms with Gasteiger partial charge in [-0.05, 0) is 0 Å². The standard InChI is InChI=1S/C14H12O5/c15-11-8-3-1-2-4-9(8)12(16)14(13(11)19-14)10-7-17-5-6-18-10/h1-4,10,13H,5-7H2. The summed E-state index contributed by atoms with van der Waals surface area (Å²) in [6.07, 6.45) is -1.20. The van der Waals surface area contributed by atoms with E-state index in [0.29, 0.717) is 24.3 Å². The van der Waals surface area contributed by atoms with Crippen molar-refractivity contribution in [2.24, 2.45) is 0 Å². The van der Waals surface area contributed by atoms with Gasteiger partial charge in [-0.25, -0.2) is 0 Å². The van der Waals surface area contributed by atoms with Crippen LogP contribution < -0.4 is 0 Å². The van der Waals surface area contributed by atoms with E-state index < -0.39 is 17.8 Å². The van der Waals surface area contributed by atoms with Crippen molar-refractivity contribution in [3.05, 3.63) is 35.4 Å². The van der Waals surface area contributed by atoms with Crippen molar-refractivity contribution in [2.75, 3.05) is 19.8 Å². The van der Waals surface area contributed by atoms with Crippen LogP contribution in [0.3, 0.4) is 0 Å². The van der Waals surface area contributed by atoms with Crippen LogP contribution >= 0.6 is 0 Å². The highest BCUT2D eigenvalue weighted by Crippen LogP contribution is 2.49. The molecule has 3 atom stereocenters. The molecule has 4 rings (SSSR count).